The van der Waals surface area contributed by atoms with Gasteiger partial charge in [0.25, 0.3) is 23.4 Å². The Labute approximate surface area is 147 Å². The van der Waals surface area contributed by atoms with Gasteiger partial charge in [-0.25, -0.2) is 0 Å². The Balaban J connectivity index is 1.89. The molecule has 0 radical (unpaired) electrons. The molecule has 1 aliphatic rings. The van der Waals surface area contributed by atoms with Crippen LogP contribution in [0.3, 0.4) is 0 Å². The molecule has 9 heteroatoms. The maximum Gasteiger partial charge on any atom is 0.273 e. The Kier molecular flexibility index (Phi) is 4.13. The van der Waals surface area contributed by atoms with Crippen LogP contribution < -0.4 is 10.1 Å². The maximum absolute atomic E-state index is 12.5. The maximum atomic E-state index is 12.5. The molecule has 0 spiro atoms. The van der Waals surface area contributed by atoms with E-state index in [2.05, 4.69) is 5.32 Å². The van der Waals surface area contributed by atoms with E-state index >= 15 is 0 Å². The molecule has 26 heavy (non-hydrogen) atoms. The number of nitrogens with one attached hydrogen (secondary N) is 1. The van der Waals surface area contributed by atoms with Crippen molar-refractivity contribution in [1.29, 1.82) is 0 Å². The van der Waals surface area contributed by atoms with Crippen LogP contribution in [0, 0.1) is 10.1 Å². The number of hydrogen-bond acceptors (Lipinski definition) is 6. The van der Waals surface area contributed by atoms with E-state index in [-0.39, 0.29) is 33.8 Å². The van der Waals surface area contributed by atoms with Crippen molar-refractivity contribution in [2.24, 2.45) is 0 Å². The zero-order chi connectivity index (χ0) is 19.0. The molecule has 3 amide bonds. The summed E-state index contributed by atoms with van der Waals surface area (Å²) in [5.74, 6) is -1.32. The largest absolute Gasteiger partial charge is 0.494 e. The molecule has 0 aliphatic carbocycles. The van der Waals surface area contributed by atoms with Crippen LogP contribution in [0.1, 0.15) is 31.1 Å². The molecule has 0 saturated carbocycles. The van der Waals surface area contributed by atoms with Crippen molar-refractivity contribution in [3.8, 4) is 5.75 Å². The van der Waals surface area contributed by atoms with Crippen LogP contribution >= 0.6 is 0 Å². The normalized spacial score (nSPS) is 12.8. The van der Waals surface area contributed by atoms with Crippen molar-refractivity contribution in [2.75, 3.05) is 19.5 Å². The molecule has 2 aromatic carbocycles. The van der Waals surface area contributed by atoms with Gasteiger partial charge in [-0.2, -0.15) is 0 Å². The second-order valence-electron chi connectivity index (χ2n) is 5.53. The number of rotatable bonds is 4. The molecule has 0 bridgehead atoms. The minimum Gasteiger partial charge on any atom is -0.494 e. The van der Waals surface area contributed by atoms with E-state index in [4.69, 9.17) is 4.74 Å². The number of carbonyl (C=O) groups excluding carboxylic acids is 3. The van der Waals surface area contributed by atoms with Crippen molar-refractivity contribution in [2.45, 2.75) is 0 Å². The molecule has 0 aromatic heterocycles. The van der Waals surface area contributed by atoms with Gasteiger partial charge in [0.05, 0.1) is 34.9 Å². The molecular weight excluding hydrogens is 342 g/mol. The van der Waals surface area contributed by atoms with E-state index in [0.29, 0.717) is 0 Å². The second kappa shape index (κ2) is 6.28. The van der Waals surface area contributed by atoms with Crippen LogP contribution in [0.4, 0.5) is 11.4 Å². The monoisotopic (exact) mass is 355 g/mol. The van der Waals surface area contributed by atoms with Gasteiger partial charge in [0, 0.05) is 18.7 Å². The lowest BCUT2D eigenvalue weighted by molar-refractivity contribution is -0.384. The van der Waals surface area contributed by atoms with Gasteiger partial charge < -0.3 is 10.1 Å². The number of hydrogen-bond donors (Lipinski definition) is 1. The first-order valence-corrected chi connectivity index (χ1v) is 7.43. The summed E-state index contributed by atoms with van der Waals surface area (Å²) in [5.41, 5.74) is 0.621. The fourth-order valence-electron chi connectivity index (χ4n) is 2.59. The Morgan fingerprint density at radius 1 is 1.12 bits per heavy atom. The van der Waals surface area contributed by atoms with Gasteiger partial charge in [-0.15, -0.1) is 0 Å². The number of imide groups is 1. The van der Waals surface area contributed by atoms with Crippen LogP contribution in [-0.2, 0) is 0 Å². The first kappa shape index (κ1) is 17.1. The Morgan fingerprint density at radius 3 is 2.46 bits per heavy atom. The lowest BCUT2D eigenvalue weighted by atomic mass is 10.1. The highest BCUT2D eigenvalue weighted by molar-refractivity contribution is 6.22. The summed E-state index contributed by atoms with van der Waals surface area (Å²) in [7, 11) is 2.69. The van der Waals surface area contributed by atoms with Gasteiger partial charge in [0.1, 0.15) is 5.75 Å². The third-order valence-corrected chi connectivity index (χ3v) is 4.00. The average Bonchev–Trinajstić information content (AvgIpc) is 2.85. The molecule has 1 aliphatic heterocycles. The molecule has 2 aromatic rings. The zero-order valence-corrected chi connectivity index (χ0v) is 13.8. The van der Waals surface area contributed by atoms with Gasteiger partial charge in [0.15, 0.2) is 0 Å². The number of benzene rings is 2. The van der Waals surface area contributed by atoms with Gasteiger partial charge in [0.2, 0.25) is 0 Å². The van der Waals surface area contributed by atoms with Crippen LogP contribution in [0.5, 0.6) is 5.75 Å². The van der Waals surface area contributed by atoms with E-state index < -0.39 is 22.6 Å². The third kappa shape index (κ3) is 2.75. The van der Waals surface area contributed by atoms with Gasteiger partial charge >= 0.3 is 0 Å². The molecule has 132 valence electrons. The Hall–Kier alpha value is -3.75. The number of nitrogens with zero attached hydrogens (tertiary/aromatic N) is 2. The summed E-state index contributed by atoms with van der Waals surface area (Å²) in [6.07, 6.45) is 0. The second-order valence-corrected chi connectivity index (χ2v) is 5.53. The highest BCUT2D eigenvalue weighted by Crippen LogP contribution is 2.30. The highest BCUT2D eigenvalue weighted by atomic mass is 16.6. The zero-order valence-electron chi connectivity index (χ0n) is 13.8. The Bertz CT molecular complexity index is 969. The minimum absolute atomic E-state index is 0.125. The minimum atomic E-state index is -0.576. The summed E-state index contributed by atoms with van der Waals surface area (Å²) in [6.45, 7) is 0. The number of amides is 3. The molecule has 9 nitrogen and oxygen atoms in total. The van der Waals surface area contributed by atoms with Crippen LogP contribution in [-0.4, -0.2) is 41.7 Å². The molecular formula is C17H13N3O6. The molecule has 1 N–H and O–H groups in total. The predicted molar refractivity (Wildman–Crippen MR) is 90.5 cm³/mol. The fraction of sp³-hybridized carbons (Fsp3) is 0.118. The summed E-state index contributed by atoms with van der Waals surface area (Å²) < 4.78 is 5.07. The number of methoxy groups -OCH3 is 1. The van der Waals surface area contributed by atoms with E-state index in [1.165, 1.54) is 50.6 Å². The number of nitro benzene ring substituents is 1. The predicted octanol–water partition coefficient (Wildman–Crippen LogP) is 2.08. The quantitative estimate of drug-likeness (QED) is 0.509. The summed E-state index contributed by atoms with van der Waals surface area (Å²) in [5, 5.41) is 13.4. The number of fused-ring (bicyclic) bond motifs is 1. The lowest BCUT2D eigenvalue weighted by Gasteiger charge is -2.10. The van der Waals surface area contributed by atoms with E-state index in [0.717, 1.165) is 4.90 Å². The van der Waals surface area contributed by atoms with Crippen LogP contribution in [0.2, 0.25) is 0 Å². The van der Waals surface area contributed by atoms with E-state index in [1.54, 1.807) is 0 Å². The topological polar surface area (TPSA) is 119 Å². The molecule has 1 heterocycles. The number of non-ortho nitro benzene ring substituents is 1. The summed E-state index contributed by atoms with van der Waals surface area (Å²) in [4.78, 5) is 47.6. The summed E-state index contributed by atoms with van der Waals surface area (Å²) >= 11 is 0. The van der Waals surface area contributed by atoms with Gasteiger partial charge in [-0.05, 0) is 24.3 Å². The third-order valence-electron chi connectivity index (χ3n) is 4.00. The molecule has 0 fully saturated rings. The SMILES string of the molecule is COc1cc([N+](=O)[O-])ccc1NC(=O)c1ccc2c(c1)C(=O)N(C)C2=O. The van der Waals surface area contributed by atoms with E-state index in [9.17, 15) is 24.5 Å². The fourth-order valence-corrected chi connectivity index (χ4v) is 2.59. The molecule has 0 unspecified atom stereocenters. The number of anilines is 1. The average molecular weight is 355 g/mol. The van der Waals surface area contributed by atoms with Crippen molar-refractivity contribution in [3.63, 3.8) is 0 Å². The van der Waals surface area contributed by atoms with Gasteiger partial charge in [-0.1, -0.05) is 0 Å². The summed E-state index contributed by atoms with van der Waals surface area (Å²) in [6, 6.07) is 7.96. The van der Waals surface area contributed by atoms with Crippen molar-refractivity contribution in [3.05, 3.63) is 63.2 Å². The first-order valence-electron chi connectivity index (χ1n) is 7.43. The van der Waals surface area contributed by atoms with Crippen molar-refractivity contribution < 1.29 is 24.0 Å². The van der Waals surface area contributed by atoms with Crippen molar-refractivity contribution >= 4 is 29.1 Å². The van der Waals surface area contributed by atoms with Gasteiger partial charge in [-0.3, -0.25) is 29.4 Å². The van der Waals surface area contributed by atoms with Crippen LogP contribution in [0.15, 0.2) is 36.4 Å². The number of carbonyl (C=O) groups is 3. The molecule has 0 saturated heterocycles. The van der Waals surface area contributed by atoms with Crippen molar-refractivity contribution in [1.82, 2.24) is 4.90 Å². The van der Waals surface area contributed by atoms with E-state index in [1.807, 2.05) is 0 Å². The molecule has 3 rings (SSSR count). The standard InChI is InChI=1S/C17H13N3O6/c1-19-16(22)11-5-3-9(7-12(11)17(19)23)15(21)18-13-6-4-10(20(24)25)8-14(13)26-2/h3-8H,1-2H3,(H,18,21). The number of ether oxygens (including phenoxy) is 1. The van der Waals surface area contributed by atoms with Crippen LogP contribution in [0.25, 0.3) is 0 Å². The first-order chi connectivity index (χ1) is 12.3. The smallest absolute Gasteiger partial charge is 0.273 e. The molecule has 0 atom stereocenters. The highest BCUT2D eigenvalue weighted by Gasteiger charge is 2.33. The Morgan fingerprint density at radius 2 is 1.81 bits per heavy atom. The lowest BCUT2D eigenvalue weighted by Crippen LogP contribution is -2.24. The number of nitro groups is 1.